The van der Waals surface area contributed by atoms with Crippen molar-refractivity contribution in [2.75, 3.05) is 5.73 Å². The van der Waals surface area contributed by atoms with Crippen molar-refractivity contribution < 1.29 is 4.79 Å². The number of carbonyl (C=O) groups excluding carboxylic acids is 1. The van der Waals surface area contributed by atoms with Gasteiger partial charge in [-0.2, -0.15) is 0 Å². The summed E-state index contributed by atoms with van der Waals surface area (Å²) in [5, 5.41) is 0.930. The van der Waals surface area contributed by atoms with Crippen LogP contribution in [0.3, 0.4) is 0 Å². The van der Waals surface area contributed by atoms with Crippen LogP contribution in [-0.2, 0) is 0 Å². The Morgan fingerprint density at radius 2 is 1.95 bits per heavy atom. The minimum Gasteiger partial charge on any atom is -0.399 e. The van der Waals surface area contributed by atoms with E-state index in [9.17, 15) is 4.79 Å². The molecule has 2 aromatic heterocycles. The topological polar surface area (TPSA) is 71.8 Å². The Kier molecular flexibility index (Phi) is 2.56. The van der Waals surface area contributed by atoms with Gasteiger partial charge >= 0.3 is 0 Å². The van der Waals surface area contributed by atoms with Crippen LogP contribution in [0.5, 0.6) is 0 Å². The van der Waals surface area contributed by atoms with Gasteiger partial charge in [-0.05, 0) is 36.8 Å². The monoisotopic (exact) mass is 251 g/mol. The zero-order valence-electron chi connectivity index (χ0n) is 10.5. The molecule has 0 bridgehead atoms. The molecule has 0 unspecified atom stereocenters. The average Bonchev–Trinajstić information content (AvgIpc) is 2.82. The van der Waals surface area contributed by atoms with E-state index in [1.54, 1.807) is 6.20 Å². The number of benzene rings is 1. The average molecular weight is 251 g/mol. The van der Waals surface area contributed by atoms with Crippen molar-refractivity contribution in [2.45, 2.75) is 6.92 Å². The molecule has 3 aromatic rings. The molecule has 0 aliphatic heterocycles. The van der Waals surface area contributed by atoms with Crippen LogP contribution in [-0.4, -0.2) is 15.8 Å². The Labute approximate surface area is 110 Å². The number of fused-ring (bicyclic) bond motifs is 1. The predicted octanol–water partition coefficient (Wildman–Crippen LogP) is 3.01. The molecular weight excluding hydrogens is 238 g/mol. The number of carbonyl (C=O) groups is 1. The highest BCUT2D eigenvalue weighted by atomic mass is 16.1. The molecule has 0 fully saturated rings. The zero-order chi connectivity index (χ0) is 13.4. The summed E-state index contributed by atoms with van der Waals surface area (Å²) >= 11 is 0. The Hall–Kier alpha value is -2.62. The number of rotatable bonds is 2. The molecule has 1 aromatic carbocycles. The van der Waals surface area contributed by atoms with Gasteiger partial charge < -0.3 is 10.7 Å². The Morgan fingerprint density at radius 1 is 1.21 bits per heavy atom. The number of aromatic nitrogens is 2. The number of nitrogens with zero attached hydrogens (tertiary/aromatic N) is 1. The fraction of sp³-hybridized carbons (Fsp3) is 0.0667. The SMILES string of the molecule is CC(=O)c1cnc2[nH]c(-c3ccc(N)cc3)cc2c1. The molecular formula is C15H13N3O. The van der Waals surface area contributed by atoms with E-state index in [0.29, 0.717) is 5.56 Å². The van der Waals surface area contributed by atoms with E-state index < -0.39 is 0 Å². The van der Waals surface area contributed by atoms with Gasteiger partial charge in [-0.25, -0.2) is 4.98 Å². The maximum atomic E-state index is 11.3. The minimum absolute atomic E-state index is 0.0182. The van der Waals surface area contributed by atoms with E-state index in [-0.39, 0.29) is 5.78 Å². The van der Waals surface area contributed by atoms with Gasteiger partial charge in [0, 0.05) is 28.5 Å². The molecule has 94 valence electrons. The Bertz CT molecular complexity index is 757. The summed E-state index contributed by atoms with van der Waals surface area (Å²) in [5.41, 5.74) is 9.80. The van der Waals surface area contributed by atoms with Crippen molar-refractivity contribution in [3.05, 3.63) is 48.2 Å². The largest absolute Gasteiger partial charge is 0.399 e. The summed E-state index contributed by atoms with van der Waals surface area (Å²) in [6, 6.07) is 11.4. The molecule has 3 rings (SSSR count). The van der Waals surface area contributed by atoms with Gasteiger partial charge in [-0.1, -0.05) is 12.1 Å². The normalized spacial score (nSPS) is 10.8. The summed E-state index contributed by atoms with van der Waals surface area (Å²) in [5.74, 6) is 0.0182. The van der Waals surface area contributed by atoms with Crippen LogP contribution < -0.4 is 5.73 Å². The lowest BCUT2D eigenvalue weighted by molar-refractivity contribution is 0.101. The highest BCUT2D eigenvalue weighted by molar-refractivity contribution is 5.97. The van der Waals surface area contributed by atoms with Crippen molar-refractivity contribution in [1.29, 1.82) is 0 Å². The van der Waals surface area contributed by atoms with E-state index in [1.165, 1.54) is 6.92 Å². The van der Waals surface area contributed by atoms with Crippen LogP contribution in [0, 0.1) is 0 Å². The second-order valence-corrected chi connectivity index (χ2v) is 4.52. The maximum absolute atomic E-state index is 11.3. The third kappa shape index (κ3) is 2.08. The predicted molar refractivity (Wildman–Crippen MR) is 75.9 cm³/mol. The summed E-state index contributed by atoms with van der Waals surface area (Å²) in [7, 11) is 0. The van der Waals surface area contributed by atoms with E-state index in [4.69, 9.17) is 5.73 Å². The lowest BCUT2D eigenvalue weighted by Gasteiger charge is -1.97. The maximum Gasteiger partial charge on any atom is 0.161 e. The number of Topliss-reactive ketones (excluding diaryl/α,β-unsaturated/α-hetero) is 1. The van der Waals surface area contributed by atoms with Gasteiger partial charge in [-0.15, -0.1) is 0 Å². The molecule has 0 radical (unpaired) electrons. The lowest BCUT2D eigenvalue weighted by atomic mass is 10.1. The molecule has 4 nitrogen and oxygen atoms in total. The quantitative estimate of drug-likeness (QED) is 0.543. The molecule has 2 heterocycles. The molecule has 0 atom stereocenters. The van der Waals surface area contributed by atoms with E-state index in [1.807, 2.05) is 36.4 Å². The Balaban J connectivity index is 2.11. The first-order valence-corrected chi connectivity index (χ1v) is 5.99. The minimum atomic E-state index is 0.0182. The molecule has 4 heteroatoms. The summed E-state index contributed by atoms with van der Waals surface area (Å²) < 4.78 is 0. The fourth-order valence-electron chi connectivity index (χ4n) is 2.03. The number of H-pyrrole nitrogens is 1. The van der Waals surface area contributed by atoms with Gasteiger partial charge in [0.15, 0.2) is 5.78 Å². The zero-order valence-corrected chi connectivity index (χ0v) is 10.5. The van der Waals surface area contributed by atoms with Crippen LogP contribution in [0.25, 0.3) is 22.3 Å². The van der Waals surface area contributed by atoms with Crippen molar-refractivity contribution in [1.82, 2.24) is 9.97 Å². The van der Waals surface area contributed by atoms with Gasteiger partial charge in [-0.3, -0.25) is 4.79 Å². The first-order valence-electron chi connectivity index (χ1n) is 5.99. The molecule has 0 spiro atoms. The summed E-state index contributed by atoms with van der Waals surface area (Å²) in [6.45, 7) is 1.54. The smallest absolute Gasteiger partial charge is 0.161 e. The number of hydrogen-bond donors (Lipinski definition) is 2. The molecule has 0 amide bonds. The molecule has 0 saturated carbocycles. The van der Waals surface area contributed by atoms with Gasteiger partial charge in [0.2, 0.25) is 0 Å². The second-order valence-electron chi connectivity index (χ2n) is 4.52. The van der Waals surface area contributed by atoms with Gasteiger partial charge in [0.25, 0.3) is 0 Å². The lowest BCUT2D eigenvalue weighted by Crippen LogP contribution is -1.92. The van der Waals surface area contributed by atoms with Crippen LogP contribution in [0.4, 0.5) is 5.69 Å². The van der Waals surface area contributed by atoms with Crippen molar-refractivity contribution in [3.63, 3.8) is 0 Å². The highest BCUT2D eigenvalue weighted by Crippen LogP contribution is 2.24. The molecule has 0 aliphatic rings. The molecule has 19 heavy (non-hydrogen) atoms. The molecule has 0 saturated heterocycles. The Morgan fingerprint density at radius 3 is 2.63 bits per heavy atom. The number of nitrogen functional groups attached to an aromatic ring is 1. The first kappa shape index (κ1) is 11.5. The van der Waals surface area contributed by atoms with Crippen molar-refractivity contribution in [3.8, 4) is 11.3 Å². The molecule has 3 N–H and O–H groups in total. The van der Waals surface area contributed by atoms with Crippen LogP contribution in [0.15, 0.2) is 42.6 Å². The van der Waals surface area contributed by atoms with Crippen LogP contribution >= 0.6 is 0 Å². The summed E-state index contributed by atoms with van der Waals surface area (Å²) in [4.78, 5) is 18.8. The second kappa shape index (κ2) is 4.24. The third-order valence-corrected chi connectivity index (χ3v) is 3.10. The van der Waals surface area contributed by atoms with Crippen molar-refractivity contribution in [2.24, 2.45) is 0 Å². The number of nitrogens with one attached hydrogen (secondary N) is 1. The van der Waals surface area contributed by atoms with Gasteiger partial charge in [0.1, 0.15) is 5.65 Å². The number of nitrogens with two attached hydrogens (primary N) is 1. The number of pyridine rings is 1. The van der Waals surface area contributed by atoms with Gasteiger partial charge in [0.05, 0.1) is 0 Å². The van der Waals surface area contributed by atoms with Crippen LogP contribution in [0.2, 0.25) is 0 Å². The van der Waals surface area contributed by atoms with Crippen molar-refractivity contribution >= 4 is 22.5 Å². The standard InChI is InChI=1S/C15H13N3O/c1-9(19)12-6-11-7-14(18-15(11)17-8-12)10-2-4-13(16)5-3-10/h2-8H,16H2,1H3,(H,17,18). The highest BCUT2D eigenvalue weighted by Gasteiger charge is 2.07. The number of ketones is 1. The first-order chi connectivity index (χ1) is 9.13. The number of hydrogen-bond acceptors (Lipinski definition) is 3. The van der Waals surface area contributed by atoms with E-state index in [0.717, 1.165) is 28.0 Å². The summed E-state index contributed by atoms with van der Waals surface area (Å²) in [6.07, 6.45) is 1.59. The number of anilines is 1. The number of aromatic amines is 1. The fourth-order valence-corrected chi connectivity index (χ4v) is 2.03. The van der Waals surface area contributed by atoms with Crippen LogP contribution in [0.1, 0.15) is 17.3 Å². The van der Waals surface area contributed by atoms with E-state index in [2.05, 4.69) is 9.97 Å². The molecule has 0 aliphatic carbocycles. The third-order valence-electron chi connectivity index (χ3n) is 3.10. The van der Waals surface area contributed by atoms with E-state index >= 15 is 0 Å².